The van der Waals surface area contributed by atoms with Crippen molar-refractivity contribution in [3.63, 3.8) is 0 Å². The Morgan fingerprint density at radius 3 is 1.17 bits per heavy atom. The number of carbonyl (C=O) groups excluding carboxylic acids is 1. The first-order valence-corrected chi connectivity index (χ1v) is 7.88. The Morgan fingerprint density at radius 2 is 0.943 bits per heavy atom. The SMILES string of the molecule is CC(=O)OC(C)C(F)(F)C(F)C(F)(F)N(C(F)(F)C(F)(F)C(F)(F)F)C(F)(F)C(F)(F)C(F)(F)F. The van der Waals surface area contributed by atoms with Crippen LogP contribution in [-0.4, -0.2) is 71.4 Å². The molecule has 3 nitrogen and oxygen atoms in total. The lowest BCUT2D eigenvalue weighted by Gasteiger charge is -2.47. The van der Waals surface area contributed by atoms with Gasteiger partial charge in [0, 0.05) is 6.92 Å². The van der Waals surface area contributed by atoms with Crippen LogP contribution in [0.4, 0.5) is 83.4 Å². The molecule has 0 rings (SSSR count). The summed E-state index contributed by atoms with van der Waals surface area (Å²) in [4.78, 5) is 5.61. The lowest BCUT2D eigenvalue weighted by molar-refractivity contribution is -0.501. The average molecular weight is 571 g/mol. The van der Waals surface area contributed by atoms with Gasteiger partial charge in [0.1, 0.15) is 0 Å². The zero-order chi connectivity index (χ0) is 29.0. The summed E-state index contributed by atoms with van der Waals surface area (Å²) in [6.07, 6.45) is -26.0. The van der Waals surface area contributed by atoms with Crippen molar-refractivity contribution in [1.82, 2.24) is 4.90 Å². The number of hydrogen-bond donors (Lipinski definition) is 0. The van der Waals surface area contributed by atoms with Crippen molar-refractivity contribution in [3.8, 4) is 0 Å². The van der Waals surface area contributed by atoms with Gasteiger partial charge in [0.05, 0.1) is 0 Å². The van der Waals surface area contributed by atoms with Gasteiger partial charge in [0.25, 0.3) is 0 Å². The Bertz CT molecular complexity index is 732. The molecule has 2 unspecified atom stereocenters. The van der Waals surface area contributed by atoms with Crippen LogP contribution in [0.15, 0.2) is 0 Å². The van der Waals surface area contributed by atoms with Gasteiger partial charge in [0.15, 0.2) is 6.10 Å². The van der Waals surface area contributed by atoms with Gasteiger partial charge in [0.2, 0.25) is 6.17 Å². The highest BCUT2D eigenvalue weighted by Crippen LogP contribution is 2.60. The van der Waals surface area contributed by atoms with Crippen LogP contribution >= 0.6 is 0 Å². The normalized spacial score (nSPS) is 17.4. The monoisotopic (exact) mass is 571 g/mol. The van der Waals surface area contributed by atoms with Gasteiger partial charge in [-0.1, -0.05) is 0 Å². The average Bonchev–Trinajstić information content (AvgIpc) is 2.57. The molecule has 0 heterocycles. The van der Waals surface area contributed by atoms with Crippen molar-refractivity contribution in [2.45, 2.75) is 74.4 Å². The minimum absolute atomic E-state index is 0.181. The van der Waals surface area contributed by atoms with Crippen molar-refractivity contribution in [2.24, 2.45) is 0 Å². The Kier molecular flexibility index (Phi) is 8.41. The second-order valence-corrected chi connectivity index (χ2v) is 6.44. The van der Waals surface area contributed by atoms with Crippen molar-refractivity contribution in [2.75, 3.05) is 0 Å². The quantitative estimate of drug-likeness (QED) is 0.183. The standard InChI is InChI=1S/C13H8F19NO2/c1-3(35-4(2)34)6(15,16)5(14)7(17,18)33(12(29,30)8(19,20)10(23,24)25)13(31,32)9(21,22)11(26,27)28/h3,5H,1-2H3. The van der Waals surface area contributed by atoms with Gasteiger partial charge < -0.3 is 4.74 Å². The Morgan fingerprint density at radius 1 is 0.657 bits per heavy atom. The van der Waals surface area contributed by atoms with E-state index in [0.29, 0.717) is 0 Å². The number of halogens is 19. The summed E-state index contributed by atoms with van der Waals surface area (Å²) >= 11 is 0. The third-order valence-electron chi connectivity index (χ3n) is 3.85. The lowest BCUT2D eigenvalue weighted by Crippen LogP contribution is -2.77. The van der Waals surface area contributed by atoms with Crippen LogP contribution in [0.25, 0.3) is 0 Å². The minimum atomic E-state index is -8.67. The van der Waals surface area contributed by atoms with Gasteiger partial charge >= 0.3 is 54.2 Å². The first-order valence-electron chi connectivity index (χ1n) is 7.88. The number of esters is 1. The molecule has 0 spiro atoms. The molecule has 0 saturated carbocycles. The molecule has 0 fully saturated rings. The summed E-state index contributed by atoms with van der Waals surface area (Å²) in [7, 11) is 0. The van der Waals surface area contributed by atoms with Gasteiger partial charge in [-0.25, -0.2) is 4.39 Å². The summed E-state index contributed by atoms with van der Waals surface area (Å²) in [6.45, 7) is -0.125. The molecule has 0 N–H and O–H groups in total. The van der Waals surface area contributed by atoms with Crippen molar-refractivity contribution in [3.05, 3.63) is 0 Å². The summed E-state index contributed by atoms with van der Waals surface area (Å²) in [5.74, 6) is -25.1. The van der Waals surface area contributed by atoms with E-state index in [4.69, 9.17) is 0 Å². The fourth-order valence-electron chi connectivity index (χ4n) is 2.05. The van der Waals surface area contributed by atoms with Crippen molar-refractivity contribution < 1.29 is 92.9 Å². The number of carbonyl (C=O) groups is 1. The van der Waals surface area contributed by atoms with Gasteiger partial charge in [-0.05, 0) is 6.92 Å². The Hall–Kier alpha value is -1.90. The number of hydrogen-bond acceptors (Lipinski definition) is 3. The van der Waals surface area contributed by atoms with Crippen molar-refractivity contribution >= 4 is 5.97 Å². The number of rotatable bonds is 9. The largest absolute Gasteiger partial charge is 0.461 e. The molecular weight excluding hydrogens is 563 g/mol. The topological polar surface area (TPSA) is 29.5 Å². The second-order valence-electron chi connectivity index (χ2n) is 6.44. The van der Waals surface area contributed by atoms with Crippen LogP contribution in [0.1, 0.15) is 13.8 Å². The van der Waals surface area contributed by atoms with E-state index >= 15 is 0 Å². The van der Waals surface area contributed by atoms with E-state index in [-0.39, 0.29) is 13.8 Å². The summed E-state index contributed by atoms with van der Waals surface area (Å²) in [5, 5.41) is 0. The maximum absolute atomic E-state index is 14.1. The van der Waals surface area contributed by atoms with E-state index in [2.05, 4.69) is 4.74 Å². The van der Waals surface area contributed by atoms with E-state index in [1.165, 1.54) is 0 Å². The molecule has 0 aromatic rings. The molecule has 0 aliphatic rings. The van der Waals surface area contributed by atoms with Crippen LogP contribution in [0.3, 0.4) is 0 Å². The number of alkyl halides is 19. The zero-order valence-electron chi connectivity index (χ0n) is 16.1. The molecule has 0 aliphatic carbocycles. The third kappa shape index (κ3) is 5.30. The first-order chi connectivity index (χ1) is 14.9. The second kappa shape index (κ2) is 8.89. The highest BCUT2D eigenvalue weighted by atomic mass is 19.4. The van der Waals surface area contributed by atoms with Crippen molar-refractivity contribution in [1.29, 1.82) is 0 Å². The van der Waals surface area contributed by atoms with Crippen LogP contribution in [0.5, 0.6) is 0 Å². The number of ether oxygens (including phenoxy) is 1. The third-order valence-corrected chi connectivity index (χ3v) is 3.85. The summed E-state index contributed by atoms with van der Waals surface area (Å²) in [5.41, 5.74) is 0. The predicted octanol–water partition coefficient (Wildman–Crippen LogP) is 6.39. The van der Waals surface area contributed by atoms with E-state index in [1.54, 1.807) is 0 Å². The van der Waals surface area contributed by atoms with E-state index in [9.17, 15) is 88.2 Å². The molecule has 0 aromatic carbocycles. The van der Waals surface area contributed by atoms with Gasteiger partial charge in [-0.3, -0.25) is 4.79 Å². The Labute approximate surface area is 179 Å². The fraction of sp³-hybridized carbons (Fsp3) is 0.923. The Balaban J connectivity index is 7.39. The minimum Gasteiger partial charge on any atom is -0.456 e. The molecule has 35 heavy (non-hydrogen) atoms. The van der Waals surface area contributed by atoms with E-state index in [1.807, 2.05) is 0 Å². The van der Waals surface area contributed by atoms with Crippen LogP contribution < -0.4 is 0 Å². The van der Waals surface area contributed by atoms with Gasteiger partial charge in [-0.2, -0.15) is 79.0 Å². The highest BCUT2D eigenvalue weighted by Gasteiger charge is 2.89. The summed E-state index contributed by atoms with van der Waals surface area (Å²) < 4.78 is 254. The molecule has 210 valence electrons. The predicted molar refractivity (Wildman–Crippen MR) is 69.8 cm³/mol. The molecule has 2 atom stereocenters. The van der Waals surface area contributed by atoms with Crippen LogP contribution in [-0.2, 0) is 9.53 Å². The first kappa shape index (κ1) is 33.1. The lowest BCUT2D eigenvalue weighted by atomic mass is 10.0. The molecular formula is C13H8F19NO2. The molecule has 0 amide bonds. The smallest absolute Gasteiger partial charge is 0.456 e. The maximum atomic E-state index is 14.1. The van der Waals surface area contributed by atoms with E-state index in [0.717, 1.165) is 0 Å². The van der Waals surface area contributed by atoms with Crippen LogP contribution in [0.2, 0.25) is 0 Å². The zero-order valence-corrected chi connectivity index (χ0v) is 16.1. The summed E-state index contributed by atoms with van der Waals surface area (Å²) in [6, 6.07) is -25.4. The highest BCUT2D eigenvalue weighted by molar-refractivity contribution is 5.66. The molecule has 22 heteroatoms. The molecule has 0 saturated heterocycles. The molecule has 0 aliphatic heterocycles. The fourth-order valence-corrected chi connectivity index (χ4v) is 2.05. The molecule has 0 bridgehead atoms. The van der Waals surface area contributed by atoms with E-state index < -0.39 is 71.4 Å². The van der Waals surface area contributed by atoms with Gasteiger partial charge in [-0.15, -0.1) is 4.90 Å². The van der Waals surface area contributed by atoms with Crippen LogP contribution in [0, 0.1) is 0 Å². The maximum Gasteiger partial charge on any atom is 0.461 e. The molecule has 0 radical (unpaired) electrons. The number of nitrogens with zero attached hydrogens (tertiary/aromatic N) is 1. The molecule has 0 aromatic heterocycles.